The Hall–Kier alpha value is -0.870. The van der Waals surface area contributed by atoms with Crippen LogP contribution in [0.1, 0.15) is 39.3 Å². The summed E-state index contributed by atoms with van der Waals surface area (Å²) in [6.45, 7) is 7.87. The van der Waals surface area contributed by atoms with E-state index in [-0.39, 0.29) is 5.54 Å². The van der Waals surface area contributed by atoms with Crippen LogP contribution in [0.25, 0.3) is 0 Å². The first-order valence-corrected chi connectivity index (χ1v) is 7.33. The van der Waals surface area contributed by atoms with Crippen molar-refractivity contribution < 1.29 is 0 Å². The molecule has 2 atom stereocenters. The Morgan fingerprint density at radius 2 is 2.11 bits per heavy atom. The lowest BCUT2D eigenvalue weighted by Gasteiger charge is -2.43. The lowest BCUT2D eigenvalue weighted by atomic mass is 9.85. The van der Waals surface area contributed by atoms with E-state index in [0.29, 0.717) is 6.04 Å². The van der Waals surface area contributed by atoms with Gasteiger partial charge in [-0.2, -0.15) is 5.10 Å². The number of aromatic nitrogens is 2. The molecule has 0 spiro atoms. The molecular formula is C15H30N4. The van der Waals surface area contributed by atoms with E-state index in [9.17, 15) is 0 Å². The summed E-state index contributed by atoms with van der Waals surface area (Å²) in [6, 6.07) is 2.54. The van der Waals surface area contributed by atoms with Gasteiger partial charge in [-0.3, -0.25) is 4.68 Å². The molecule has 1 N–H and O–H groups in total. The van der Waals surface area contributed by atoms with Gasteiger partial charge in [0.1, 0.15) is 0 Å². The quantitative estimate of drug-likeness (QED) is 0.782. The predicted molar refractivity (Wildman–Crippen MR) is 81.4 cm³/mol. The summed E-state index contributed by atoms with van der Waals surface area (Å²) in [5.74, 6) is 0. The smallest absolute Gasteiger partial charge is 0.0640 e. The molecule has 4 nitrogen and oxygen atoms in total. The molecule has 0 bridgehead atoms. The molecule has 0 radical (unpaired) electrons. The maximum atomic E-state index is 4.52. The van der Waals surface area contributed by atoms with Crippen molar-refractivity contribution in [3.63, 3.8) is 0 Å². The van der Waals surface area contributed by atoms with Crippen LogP contribution >= 0.6 is 0 Å². The van der Waals surface area contributed by atoms with Gasteiger partial charge in [-0.05, 0) is 46.5 Å². The van der Waals surface area contributed by atoms with Crippen molar-refractivity contribution >= 4 is 0 Å². The average molecular weight is 266 g/mol. The molecule has 0 fully saturated rings. The summed E-state index contributed by atoms with van der Waals surface area (Å²) in [5, 5.41) is 8.23. The van der Waals surface area contributed by atoms with E-state index in [4.69, 9.17) is 0 Å². The Labute approximate surface area is 118 Å². The van der Waals surface area contributed by atoms with Crippen LogP contribution in [0, 0.1) is 0 Å². The molecule has 0 aliphatic carbocycles. The van der Waals surface area contributed by atoms with Gasteiger partial charge in [-0.15, -0.1) is 0 Å². The van der Waals surface area contributed by atoms with Crippen LogP contribution in [0.2, 0.25) is 0 Å². The van der Waals surface area contributed by atoms with E-state index in [0.717, 1.165) is 31.5 Å². The summed E-state index contributed by atoms with van der Waals surface area (Å²) < 4.78 is 1.88. The standard InChI is InChI=1S/C15H30N4/c1-7-10-16-14(15(3,8-2)18(4)5)12-13-9-11-19(6)17-13/h9,11,14,16H,7-8,10,12H2,1-6H3. The van der Waals surface area contributed by atoms with Crippen LogP contribution in [-0.4, -0.2) is 46.9 Å². The molecule has 0 aromatic carbocycles. The van der Waals surface area contributed by atoms with Gasteiger partial charge >= 0.3 is 0 Å². The van der Waals surface area contributed by atoms with Crippen molar-refractivity contribution in [1.29, 1.82) is 0 Å². The molecule has 0 saturated heterocycles. The van der Waals surface area contributed by atoms with Gasteiger partial charge in [-0.1, -0.05) is 13.8 Å². The molecule has 2 unspecified atom stereocenters. The van der Waals surface area contributed by atoms with E-state index >= 15 is 0 Å². The van der Waals surface area contributed by atoms with Crippen LogP contribution in [0.5, 0.6) is 0 Å². The van der Waals surface area contributed by atoms with Crippen LogP contribution < -0.4 is 5.32 Å². The molecule has 1 rings (SSSR count). The van der Waals surface area contributed by atoms with E-state index in [1.807, 2.05) is 17.9 Å². The molecular weight excluding hydrogens is 236 g/mol. The Bertz CT molecular complexity index is 372. The minimum atomic E-state index is 0.146. The third kappa shape index (κ3) is 4.05. The van der Waals surface area contributed by atoms with Crippen molar-refractivity contribution in [3.8, 4) is 0 Å². The van der Waals surface area contributed by atoms with Crippen molar-refractivity contribution in [2.45, 2.75) is 51.6 Å². The van der Waals surface area contributed by atoms with Gasteiger partial charge in [0, 0.05) is 31.2 Å². The fourth-order valence-corrected chi connectivity index (χ4v) is 2.49. The van der Waals surface area contributed by atoms with Gasteiger partial charge in [-0.25, -0.2) is 0 Å². The second kappa shape index (κ2) is 7.06. The summed E-state index contributed by atoms with van der Waals surface area (Å²) in [5.41, 5.74) is 1.31. The number of hydrogen-bond acceptors (Lipinski definition) is 3. The maximum absolute atomic E-state index is 4.52. The van der Waals surface area contributed by atoms with Crippen molar-refractivity contribution in [3.05, 3.63) is 18.0 Å². The Balaban J connectivity index is 2.86. The fraction of sp³-hybridized carbons (Fsp3) is 0.800. The minimum Gasteiger partial charge on any atom is -0.312 e. The zero-order chi connectivity index (χ0) is 14.5. The molecule has 1 heterocycles. The first-order valence-electron chi connectivity index (χ1n) is 7.33. The highest BCUT2D eigenvalue weighted by Gasteiger charge is 2.34. The van der Waals surface area contributed by atoms with Crippen LogP contribution in [-0.2, 0) is 13.5 Å². The highest BCUT2D eigenvalue weighted by molar-refractivity contribution is 5.06. The van der Waals surface area contributed by atoms with Gasteiger partial charge in [0.05, 0.1) is 5.69 Å². The highest BCUT2D eigenvalue weighted by atomic mass is 15.3. The number of aryl methyl sites for hydroxylation is 1. The summed E-state index contributed by atoms with van der Waals surface area (Å²) in [7, 11) is 6.31. The molecule has 1 aromatic rings. The highest BCUT2D eigenvalue weighted by Crippen LogP contribution is 2.23. The molecule has 110 valence electrons. The number of hydrogen-bond donors (Lipinski definition) is 1. The lowest BCUT2D eigenvalue weighted by Crippen LogP contribution is -2.58. The van der Waals surface area contributed by atoms with E-state index in [1.54, 1.807) is 0 Å². The molecule has 19 heavy (non-hydrogen) atoms. The predicted octanol–water partition coefficient (Wildman–Crippen LogP) is 2.06. The fourth-order valence-electron chi connectivity index (χ4n) is 2.49. The lowest BCUT2D eigenvalue weighted by molar-refractivity contribution is 0.112. The molecule has 4 heteroatoms. The van der Waals surface area contributed by atoms with Crippen LogP contribution in [0.4, 0.5) is 0 Å². The Morgan fingerprint density at radius 3 is 2.53 bits per heavy atom. The van der Waals surface area contributed by atoms with Gasteiger partial charge in [0.15, 0.2) is 0 Å². The van der Waals surface area contributed by atoms with Crippen molar-refractivity contribution in [2.24, 2.45) is 7.05 Å². The topological polar surface area (TPSA) is 33.1 Å². The molecule has 0 amide bonds. The largest absolute Gasteiger partial charge is 0.312 e. The number of nitrogens with zero attached hydrogens (tertiary/aromatic N) is 3. The monoisotopic (exact) mass is 266 g/mol. The number of likely N-dealkylation sites (N-methyl/N-ethyl adjacent to an activating group) is 1. The Morgan fingerprint density at radius 1 is 1.42 bits per heavy atom. The molecule has 0 saturated carbocycles. The molecule has 1 aromatic heterocycles. The summed E-state index contributed by atoms with van der Waals surface area (Å²) >= 11 is 0. The SMILES string of the molecule is CCCNC(Cc1ccn(C)n1)C(C)(CC)N(C)C. The third-order valence-corrected chi connectivity index (χ3v) is 4.31. The average Bonchev–Trinajstić information content (AvgIpc) is 2.78. The van der Waals surface area contributed by atoms with E-state index in [1.165, 1.54) is 0 Å². The second-order valence-corrected chi connectivity index (χ2v) is 5.80. The Kier molecular flexibility index (Phi) is 6.01. The van der Waals surface area contributed by atoms with Crippen molar-refractivity contribution in [2.75, 3.05) is 20.6 Å². The van der Waals surface area contributed by atoms with Gasteiger partial charge in [0.2, 0.25) is 0 Å². The second-order valence-electron chi connectivity index (χ2n) is 5.80. The minimum absolute atomic E-state index is 0.146. The zero-order valence-electron chi connectivity index (χ0n) is 13.4. The summed E-state index contributed by atoms with van der Waals surface area (Å²) in [6.07, 6.45) is 5.27. The molecule has 0 aliphatic heterocycles. The molecule has 0 aliphatic rings. The van der Waals surface area contributed by atoms with E-state index in [2.05, 4.69) is 56.2 Å². The van der Waals surface area contributed by atoms with Gasteiger partial charge < -0.3 is 10.2 Å². The van der Waals surface area contributed by atoms with Crippen molar-refractivity contribution in [1.82, 2.24) is 20.0 Å². The maximum Gasteiger partial charge on any atom is 0.0640 e. The number of nitrogens with one attached hydrogen (secondary N) is 1. The van der Waals surface area contributed by atoms with Crippen LogP contribution in [0.3, 0.4) is 0 Å². The number of rotatable bonds is 8. The normalized spacial score (nSPS) is 16.6. The first kappa shape index (κ1) is 16.2. The van der Waals surface area contributed by atoms with E-state index < -0.39 is 0 Å². The van der Waals surface area contributed by atoms with Crippen LogP contribution in [0.15, 0.2) is 12.3 Å². The summed E-state index contributed by atoms with van der Waals surface area (Å²) in [4.78, 5) is 2.34. The third-order valence-electron chi connectivity index (χ3n) is 4.31. The zero-order valence-corrected chi connectivity index (χ0v) is 13.4. The first-order chi connectivity index (χ1) is 8.93. The van der Waals surface area contributed by atoms with Gasteiger partial charge in [0.25, 0.3) is 0 Å².